The Morgan fingerprint density at radius 2 is 1.88 bits per heavy atom. The Balaban J connectivity index is 1.22. The van der Waals surface area contributed by atoms with E-state index in [4.69, 9.17) is 4.74 Å². The lowest BCUT2D eigenvalue weighted by Gasteiger charge is -2.36. The maximum Gasteiger partial charge on any atom is 0.234 e. The van der Waals surface area contributed by atoms with E-state index in [-0.39, 0.29) is 5.91 Å². The van der Waals surface area contributed by atoms with Gasteiger partial charge in [0.15, 0.2) is 0 Å². The Bertz CT molecular complexity index is 595. The molecule has 2 bridgehead atoms. The van der Waals surface area contributed by atoms with Crippen molar-refractivity contribution in [1.82, 2.24) is 10.2 Å². The fourth-order valence-electron chi connectivity index (χ4n) is 4.83. The number of anilines is 1. The first-order valence-corrected chi connectivity index (χ1v) is 9.62. The lowest BCUT2D eigenvalue weighted by molar-refractivity contribution is -0.123. The first kappa shape index (κ1) is 16.7. The van der Waals surface area contributed by atoms with Gasteiger partial charge in [0, 0.05) is 37.9 Å². The highest BCUT2D eigenvalue weighted by Crippen LogP contribution is 2.44. The first-order chi connectivity index (χ1) is 12.2. The van der Waals surface area contributed by atoms with Crippen molar-refractivity contribution in [3.63, 3.8) is 0 Å². The molecule has 136 valence electrons. The van der Waals surface area contributed by atoms with Gasteiger partial charge in [-0.3, -0.25) is 9.69 Å². The minimum atomic E-state index is 0.218. The Hall–Kier alpha value is -1.75. The molecule has 1 N–H and O–H groups in total. The third-order valence-corrected chi connectivity index (χ3v) is 6.26. The molecule has 1 heterocycles. The first-order valence-electron chi connectivity index (χ1n) is 9.62. The van der Waals surface area contributed by atoms with E-state index in [0.717, 1.165) is 43.8 Å². The summed E-state index contributed by atoms with van der Waals surface area (Å²) < 4.78 is 5.22. The Labute approximate surface area is 150 Å². The SMILES string of the molecule is COc1ccc(N2CCN(CC(=O)N[C@H]3C[C@H]4CC[C@@H]3C4)CC2)cc1. The normalized spacial score (nSPS) is 29.0. The maximum atomic E-state index is 12.4. The maximum absolute atomic E-state index is 12.4. The number of rotatable bonds is 5. The molecule has 3 fully saturated rings. The van der Waals surface area contributed by atoms with Gasteiger partial charge in [-0.25, -0.2) is 0 Å². The van der Waals surface area contributed by atoms with E-state index in [1.165, 1.54) is 31.4 Å². The van der Waals surface area contributed by atoms with E-state index in [0.29, 0.717) is 12.6 Å². The van der Waals surface area contributed by atoms with Crippen molar-refractivity contribution in [1.29, 1.82) is 0 Å². The number of nitrogens with one attached hydrogen (secondary N) is 1. The average molecular weight is 343 g/mol. The largest absolute Gasteiger partial charge is 0.497 e. The van der Waals surface area contributed by atoms with Gasteiger partial charge in [0.25, 0.3) is 0 Å². The lowest BCUT2D eigenvalue weighted by Crippen LogP contribution is -2.51. The summed E-state index contributed by atoms with van der Waals surface area (Å²) in [4.78, 5) is 17.0. The molecule has 1 saturated heterocycles. The fourth-order valence-corrected chi connectivity index (χ4v) is 4.83. The lowest BCUT2D eigenvalue weighted by atomic mass is 9.95. The van der Waals surface area contributed by atoms with Crippen molar-refractivity contribution >= 4 is 11.6 Å². The van der Waals surface area contributed by atoms with Gasteiger partial charge in [-0.05, 0) is 55.4 Å². The summed E-state index contributed by atoms with van der Waals surface area (Å²) in [6.45, 7) is 4.36. The van der Waals surface area contributed by atoms with Crippen LogP contribution in [0.15, 0.2) is 24.3 Å². The van der Waals surface area contributed by atoms with E-state index in [9.17, 15) is 4.79 Å². The molecule has 1 aromatic carbocycles. The number of nitrogens with zero attached hydrogens (tertiary/aromatic N) is 2. The molecule has 25 heavy (non-hydrogen) atoms. The third-order valence-electron chi connectivity index (χ3n) is 6.26. The average Bonchev–Trinajstić information content (AvgIpc) is 3.25. The van der Waals surface area contributed by atoms with E-state index in [1.807, 2.05) is 12.1 Å². The van der Waals surface area contributed by atoms with Crippen LogP contribution in [0.3, 0.4) is 0 Å². The van der Waals surface area contributed by atoms with Crippen LogP contribution in [0.4, 0.5) is 5.69 Å². The van der Waals surface area contributed by atoms with Crippen LogP contribution < -0.4 is 15.0 Å². The van der Waals surface area contributed by atoms with Crippen LogP contribution in [-0.4, -0.2) is 56.7 Å². The zero-order chi connectivity index (χ0) is 17.2. The zero-order valence-electron chi connectivity index (χ0n) is 15.1. The van der Waals surface area contributed by atoms with Crippen LogP contribution in [0.2, 0.25) is 0 Å². The number of benzene rings is 1. The quantitative estimate of drug-likeness (QED) is 0.889. The van der Waals surface area contributed by atoms with Crippen LogP contribution in [0.25, 0.3) is 0 Å². The fraction of sp³-hybridized carbons (Fsp3) is 0.650. The molecule has 0 aromatic heterocycles. The predicted molar refractivity (Wildman–Crippen MR) is 99.0 cm³/mol. The van der Waals surface area contributed by atoms with Gasteiger partial charge in [0.05, 0.1) is 13.7 Å². The van der Waals surface area contributed by atoms with Crippen molar-refractivity contribution in [2.24, 2.45) is 11.8 Å². The van der Waals surface area contributed by atoms with Gasteiger partial charge in [-0.15, -0.1) is 0 Å². The van der Waals surface area contributed by atoms with Gasteiger partial charge in [0.1, 0.15) is 5.75 Å². The molecular weight excluding hydrogens is 314 g/mol. The molecule has 2 saturated carbocycles. The highest BCUT2D eigenvalue weighted by Gasteiger charge is 2.40. The van der Waals surface area contributed by atoms with Crippen molar-refractivity contribution in [3.8, 4) is 5.75 Å². The van der Waals surface area contributed by atoms with Crippen LogP contribution in [0, 0.1) is 11.8 Å². The second-order valence-corrected chi connectivity index (χ2v) is 7.81. The number of hydrogen-bond acceptors (Lipinski definition) is 4. The molecule has 2 aliphatic carbocycles. The minimum absolute atomic E-state index is 0.218. The van der Waals surface area contributed by atoms with Gasteiger partial charge < -0.3 is 15.0 Å². The van der Waals surface area contributed by atoms with Crippen LogP contribution in [-0.2, 0) is 4.79 Å². The number of carbonyl (C=O) groups excluding carboxylic acids is 1. The van der Waals surface area contributed by atoms with Crippen molar-refractivity contribution < 1.29 is 9.53 Å². The molecule has 0 radical (unpaired) electrons. The van der Waals surface area contributed by atoms with Crippen molar-refractivity contribution in [2.45, 2.75) is 31.7 Å². The number of carbonyl (C=O) groups is 1. The topological polar surface area (TPSA) is 44.8 Å². The number of amides is 1. The molecule has 5 heteroatoms. The molecular formula is C20H29N3O2. The summed E-state index contributed by atoms with van der Waals surface area (Å²) in [7, 11) is 1.69. The highest BCUT2D eigenvalue weighted by atomic mass is 16.5. The van der Waals surface area contributed by atoms with Crippen LogP contribution in [0.1, 0.15) is 25.7 Å². The number of ether oxygens (including phenoxy) is 1. The second-order valence-electron chi connectivity index (χ2n) is 7.81. The summed E-state index contributed by atoms with van der Waals surface area (Å²) in [6.07, 6.45) is 5.24. The third kappa shape index (κ3) is 3.76. The van der Waals surface area contributed by atoms with Crippen molar-refractivity contribution in [2.75, 3.05) is 44.7 Å². The number of hydrogen-bond donors (Lipinski definition) is 1. The second kappa shape index (κ2) is 7.24. The summed E-state index contributed by atoms with van der Waals surface area (Å²) in [5, 5.41) is 3.31. The molecule has 1 aliphatic heterocycles. The summed E-state index contributed by atoms with van der Waals surface area (Å²) in [5.74, 6) is 2.74. The van der Waals surface area contributed by atoms with Crippen molar-refractivity contribution in [3.05, 3.63) is 24.3 Å². The monoisotopic (exact) mass is 343 g/mol. The minimum Gasteiger partial charge on any atom is -0.497 e. The smallest absolute Gasteiger partial charge is 0.234 e. The molecule has 5 nitrogen and oxygen atoms in total. The van der Waals surface area contributed by atoms with E-state index < -0.39 is 0 Å². The Morgan fingerprint density at radius 1 is 1.12 bits per heavy atom. The number of fused-ring (bicyclic) bond motifs is 2. The molecule has 1 amide bonds. The van der Waals surface area contributed by atoms with E-state index in [1.54, 1.807) is 7.11 Å². The number of methoxy groups -OCH3 is 1. The molecule has 1 aromatic rings. The predicted octanol–water partition coefficient (Wildman–Crippen LogP) is 2.12. The molecule has 0 spiro atoms. The zero-order valence-corrected chi connectivity index (χ0v) is 15.1. The van der Waals surface area contributed by atoms with Crippen LogP contribution in [0.5, 0.6) is 5.75 Å². The van der Waals surface area contributed by atoms with Crippen LogP contribution >= 0.6 is 0 Å². The Kier molecular flexibility index (Phi) is 4.84. The highest BCUT2D eigenvalue weighted by molar-refractivity contribution is 5.78. The molecule has 3 aliphatic rings. The molecule has 0 unspecified atom stereocenters. The molecule has 4 rings (SSSR count). The van der Waals surface area contributed by atoms with Gasteiger partial charge in [-0.2, -0.15) is 0 Å². The standard InChI is InChI=1S/C20H29N3O2/c1-25-18-6-4-17(5-7-18)23-10-8-22(9-11-23)14-20(24)21-19-13-15-2-3-16(19)12-15/h4-7,15-16,19H,2-3,8-14H2,1H3,(H,21,24)/t15-,16+,19-/m0/s1. The summed E-state index contributed by atoms with van der Waals surface area (Å²) in [6, 6.07) is 8.67. The van der Waals surface area contributed by atoms with E-state index >= 15 is 0 Å². The van der Waals surface area contributed by atoms with Gasteiger partial charge in [-0.1, -0.05) is 6.42 Å². The molecule has 3 atom stereocenters. The Morgan fingerprint density at radius 3 is 2.48 bits per heavy atom. The summed E-state index contributed by atoms with van der Waals surface area (Å²) >= 11 is 0. The van der Waals surface area contributed by atoms with E-state index in [2.05, 4.69) is 27.2 Å². The summed E-state index contributed by atoms with van der Waals surface area (Å²) in [5.41, 5.74) is 1.23. The van der Waals surface area contributed by atoms with Gasteiger partial charge >= 0.3 is 0 Å². The number of piperazine rings is 1. The van der Waals surface area contributed by atoms with Gasteiger partial charge in [0.2, 0.25) is 5.91 Å².